The molecule has 6 heteroatoms. The third-order valence-corrected chi connectivity index (χ3v) is 15.7. The fraction of sp³-hybridized carbons (Fsp3) is 0.902. The van der Waals surface area contributed by atoms with Gasteiger partial charge in [-0.3, -0.25) is 4.79 Å². The van der Waals surface area contributed by atoms with Crippen molar-refractivity contribution in [3.8, 4) is 0 Å². The number of likely N-dealkylation sites (tertiary alicyclic amines) is 1. The Bertz CT molecular complexity index is 1170. The highest BCUT2D eigenvalue weighted by molar-refractivity contribution is 5.90. The highest BCUT2D eigenvalue weighted by Gasteiger charge is 2.86. The number of carboxylic acid groups (broad SMARTS) is 1. The molecular weight excluding hydrogens is 584 g/mol. The Morgan fingerprint density at radius 3 is 2.47 bits per heavy atom. The highest BCUT2D eigenvalue weighted by Crippen LogP contribution is 2.84. The molecule has 5 aliphatic carbocycles. The fourth-order valence-electron chi connectivity index (χ4n) is 13.7. The fourth-order valence-corrected chi connectivity index (χ4v) is 13.7. The summed E-state index contributed by atoms with van der Waals surface area (Å²) in [6.07, 6.45) is 21.5. The van der Waals surface area contributed by atoms with Crippen molar-refractivity contribution in [2.75, 3.05) is 39.3 Å². The van der Waals surface area contributed by atoms with Crippen LogP contribution in [-0.4, -0.2) is 78.6 Å². The topological polar surface area (TPSA) is 70.1 Å². The quantitative estimate of drug-likeness (QED) is 0.124. The second-order valence-corrected chi connectivity index (χ2v) is 17.8. The Hall–Kier alpha value is -1.24. The van der Waals surface area contributed by atoms with Gasteiger partial charge in [0.05, 0.1) is 17.6 Å². The van der Waals surface area contributed by atoms with Crippen LogP contribution >= 0.6 is 0 Å². The molecule has 7 aliphatic rings. The van der Waals surface area contributed by atoms with Gasteiger partial charge in [0.1, 0.15) is 11.7 Å². The van der Waals surface area contributed by atoms with Gasteiger partial charge in [0.2, 0.25) is 0 Å². The third-order valence-electron chi connectivity index (χ3n) is 15.7. The molecule has 2 heterocycles. The van der Waals surface area contributed by atoms with E-state index >= 15 is 0 Å². The summed E-state index contributed by atoms with van der Waals surface area (Å²) in [5.74, 6) is 1.78. The molecule has 6 nitrogen and oxygen atoms in total. The summed E-state index contributed by atoms with van der Waals surface area (Å²) in [6.45, 7) is 15.9. The lowest BCUT2D eigenvalue weighted by Crippen LogP contribution is -2.65. The molecule has 0 aromatic rings. The SMILES string of the molecule is CCN(CCCCN1CCCCC1)C[C@@H]1O[C@@H](C23C[C@@H]4[C@H](C)CC[C@H]4C4(C=O)CC2C=C(C(C)C)[C@]43C(=O)O)C[C@H]1C1CCCCC1. The monoisotopic (exact) mass is 651 g/mol. The molecule has 0 aromatic carbocycles. The summed E-state index contributed by atoms with van der Waals surface area (Å²) < 4.78 is 7.52. The maximum absolute atomic E-state index is 14.2. The number of ether oxygens (including phenoxy) is 1. The first-order valence-electron chi connectivity index (χ1n) is 20.3. The molecule has 3 unspecified atom stereocenters. The van der Waals surface area contributed by atoms with Crippen molar-refractivity contribution in [1.29, 1.82) is 0 Å². The summed E-state index contributed by atoms with van der Waals surface area (Å²) in [6, 6.07) is 0. The van der Waals surface area contributed by atoms with E-state index in [2.05, 4.69) is 43.6 Å². The number of likely N-dealkylation sites (N-methyl/N-ethyl adjacent to an activating group) is 1. The van der Waals surface area contributed by atoms with Crippen LogP contribution < -0.4 is 0 Å². The smallest absolute Gasteiger partial charge is 0.315 e. The van der Waals surface area contributed by atoms with Crippen molar-refractivity contribution in [2.45, 2.75) is 136 Å². The molecule has 47 heavy (non-hydrogen) atoms. The van der Waals surface area contributed by atoms with Crippen LogP contribution in [0.15, 0.2) is 11.6 Å². The van der Waals surface area contributed by atoms with Crippen LogP contribution in [0.2, 0.25) is 0 Å². The number of aldehydes is 1. The van der Waals surface area contributed by atoms with E-state index in [-0.39, 0.29) is 30.0 Å². The minimum atomic E-state index is -1.14. The predicted molar refractivity (Wildman–Crippen MR) is 187 cm³/mol. The molecule has 0 amide bonds. The zero-order valence-corrected chi connectivity index (χ0v) is 30.3. The van der Waals surface area contributed by atoms with Crippen LogP contribution in [0.4, 0.5) is 0 Å². The Morgan fingerprint density at radius 2 is 1.79 bits per heavy atom. The van der Waals surface area contributed by atoms with Crippen LogP contribution in [-0.2, 0) is 14.3 Å². The number of carbonyl (C=O) groups excluding carboxylic acids is 1. The number of unbranched alkanes of at least 4 members (excludes halogenated alkanes) is 1. The minimum absolute atomic E-state index is 0.0959. The molecule has 2 saturated heterocycles. The predicted octanol–water partition coefficient (Wildman–Crippen LogP) is 7.85. The molecule has 0 aromatic heterocycles. The number of carboxylic acids is 1. The number of allylic oxidation sites excluding steroid dienone is 1. The second-order valence-electron chi connectivity index (χ2n) is 17.8. The van der Waals surface area contributed by atoms with Gasteiger partial charge < -0.3 is 24.4 Å². The third kappa shape index (κ3) is 5.17. The molecule has 0 radical (unpaired) electrons. The van der Waals surface area contributed by atoms with Crippen molar-refractivity contribution in [3.63, 3.8) is 0 Å². The lowest BCUT2D eigenvalue weighted by Gasteiger charge is -2.60. The molecule has 10 atom stereocenters. The van der Waals surface area contributed by atoms with Gasteiger partial charge in [0.25, 0.3) is 0 Å². The maximum atomic E-state index is 14.2. The summed E-state index contributed by atoms with van der Waals surface area (Å²) >= 11 is 0. The standard InChI is InChI=1S/C41H66N2O4/c1-5-42(18-12-13-21-43-19-10-7-11-20-43)26-36-32(30-14-8-6-9-15-30)23-37(47-36)40-25-33-29(4)16-17-34(33)39(27-44)24-31(40)22-35(28(2)3)41(39,40)38(45)46/h22,27-34,36-37H,5-21,23-26H2,1-4H3,(H,45,46)/t29-,31?,32+,33-,34-,36+,37-,39?,40?,41+/m1/s1. The van der Waals surface area contributed by atoms with Crippen LogP contribution in [0.3, 0.4) is 0 Å². The van der Waals surface area contributed by atoms with Crippen LogP contribution in [0.1, 0.15) is 124 Å². The van der Waals surface area contributed by atoms with E-state index in [1.165, 1.54) is 90.1 Å². The van der Waals surface area contributed by atoms with Gasteiger partial charge in [-0.25, -0.2) is 0 Å². The maximum Gasteiger partial charge on any atom is 0.315 e. The number of hydrogen-bond donors (Lipinski definition) is 1. The summed E-state index contributed by atoms with van der Waals surface area (Å²) in [5, 5.41) is 11.6. The first-order chi connectivity index (χ1) is 22.7. The average molecular weight is 651 g/mol. The van der Waals surface area contributed by atoms with E-state index in [1.807, 2.05) is 0 Å². The van der Waals surface area contributed by atoms with Gasteiger partial charge in [-0.1, -0.05) is 84.3 Å². The van der Waals surface area contributed by atoms with Gasteiger partial charge in [-0.05, 0) is 126 Å². The van der Waals surface area contributed by atoms with Gasteiger partial charge in [0.15, 0.2) is 0 Å². The lowest BCUT2D eigenvalue weighted by atomic mass is 9.41. The van der Waals surface area contributed by atoms with E-state index in [0.717, 1.165) is 50.9 Å². The number of hydrogen-bond acceptors (Lipinski definition) is 5. The number of piperidine rings is 1. The van der Waals surface area contributed by atoms with E-state index < -0.39 is 22.2 Å². The van der Waals surface area contributed by atoms with Gasteiger partial charge in [-0.15, -0.1) is 0 Å². The summed E-state index contributed by atoms with van der Waals surface area (Å²) in [5.41, 5.74) is -1.42. The largest absolute Gasteiger partial charge is 0.481 e. The van der Waals surface area contributed by atoms with Crippen molar-refractivity contribution < 1.29 is 19.4 Å². The zero-order valence-electron chi connectivity index (χ0n) is 30.3. The number of nitrogens with zero attached hydrogens (tertiary/aromatic N) is 2. The molecule has 1 N–H and O–H groups in total. The lowest BCUT2D eigenvalue weighted by molar-refractivity contribution is -0.197. The zero-order chi connectivity index (χ0) is 33.0. The Labute approximate surface area is 285 Å². The number of aliphatic carboxylic acids is 1. The molecule has 6 fully saturated rings. The average Bonchev–Trinajstić information content (AvgIpc) is 3.80. The van der Waals surface area contributed by atoms with Crippen molar-refractivity contribution in [3.05, 3.63) is 11.6 Å². The molecule has 2 aliphatic heterocycles. The van der Waals surface area contributed by atoms with E-state index in [4.69, 9.17) is 4.74 Å². The van der Waals surface area contributed by atoms with Crippen molar-refractivity contribution in [2.24, 2.45) is 57.7 Å². The molecule has 4 bridgehead atoms. The number of rotatable bonds is 13. The minimum Gasteiger partial charge on any atom is -0.481 e. The van der Waals surface area contributed by atoms with E-state index in [9.17, 15) is 14.7 Å². The Morgan fingerprint density at radius 1 is 1.04 bits per heavy atom. The van der Waals surface area contributed by atoms with Gasteiger partial charge in [-0.2, -0.15) is 0 Å². The first kappa shape index (κ1) is 34.2. The van der Waals surface area contributed by atoms with Gasteiger partial charge >= 0.3 is 5.97 Å². The van der Waals surface area contributed by atoms with E-state index in [1.54, 1.807) is 0 Å². The van der Waals surface area contributed by atoms with Crippen LogP contribution in [0.25, 0.3) is 0 Å². The van der Waals surface area contributed by atoms with Gasteiger partial charge in [0, 0.05) is 12.0 Å². The van der Waals surface area contributed by atoms with Crippen LogP contribution in [0, 0.1) is 57.7 Å². The summed E-state index contributed by atoms with van der Waals surface area (Å²) in [4.78, 5) is 33.2. The van der Waals surface area contributed by atoms with Crippen molar-refractivity contribution in [1.82, 2.24) is 9.80 Å². The number of carbonyl (C=O) groups is 2. The molecule has 264 valence electrons. The summed E-state index contributed by atoms with van der Waals surface area (Å²) in [7, 11) is 0. The second kappa shape index (κ2) is 13.5. The Balaban J connectivity index is 1.18. The normalized spacial score (nSPS) is 43.5. The van der Waals surface area contributed by atoms with E-state index in [0.29, 0.717) is 30.1 Å². The van der Waals surface area contributed by atoms with Crippen LogP contribution in [0.5, 0.6) is 0 Å². The highest BCUT2D eigenvalue weighted by atomic mass is 16.5. The molecule has 0 spiro atoms. The Kier molecular flexibility index (Phi) is 9.81. The molecule has 7 rings (SSSR count). The van der Waals surface area contributed by atoms with Crippen molar-refractivity contribution >= 4 is 12.3 Å². The molecular formula is C41H66N2O4. The number of fused-ring (bicyclic) bond motifs is 2. The first-order valence-corrected chi connectivity index (χ1v) is 20.3. The molecule has 4 saturated carbocycles.